The zero-order valence-electron chi connectivity index (χ0n) is 11.6. The Hall–Kier alpha value is -1.26. The summed E-state index contributed by atoms with van der Waals surface area (Å²) >= 11 is 5.54. The normalized spacial score (nSPS) is 12.3. The van der Waals surface area contributed by atoms with E-state index in [1.807, 2.05) is 38.4 Å². The molecule has 1 unspecified atom stereocenters. The predicted molar refractivity (Wildman–Crippen MR) is 77.8 cm³/mol. The molecule has 1 N–H and O–H groups in total. The standard InChI is InChI=1S/C14H21ClN2O2/c1-17(2)13(10-16-14(18)7-8-15)11-5-4-6-12(9-11)19-3/h4-6,9,13H,7-8,10H2,1-3H3,(H,16,18). The fourth-order valence-corrected chi connectivity index (χ4v) is 2.00. The molecule has 0 saturated carbocycles. The molecule has 0 bridgehead atoms. The number of amides is 1. The molecule has 4 nitrogen and oxygen atoms in total. The number of hydrogen-bond acceptors (Lipinski definition) is 3. The highest BCUT2D eigenvalue weighted by Crippen LogP contribution is 2.22. The van der Waals surface area contributed by atoms with Crippen molar-refractivity contribution in [3.8, 4) is 5.75 Å². The first-order valence-corrected chi connectivity index (χ1v) is 6.75. The minimum atomic E-state index is -0.0234. The van der Waals surface area contributed by atoms with Crippen LogP contribution in [0.3, 0.4) is 0 Å². The molecule has 0 fully saturated rings. The van der Waals surface area contributed by atoms with E-state index in [9.17, 15) is 4.79 Å². The van der Waals surface area contributed by atoms with E-state index in [4.69, 9.17) is 16.3 Å². The smallest absolute Gasteiger partial charge is 0.221 e. The first-order valence-electron chi connectivity index (χ1n) is 6.21. The van der Waals surface area contributed by atoms with Crippen molar-refractivity contribution in [2.75, 3.05) is 33.6 Å². The van der Waals surface area contributed by atoms with Gasteiger partial charge in [0, 0.05) is 18.8 Å². The Morgan fingerprint density at radius 2 is 2.21 bits per heavy atom. The van der Waals surface area contributed by atoms with Crippen molar-refractivity contribution >= 4 is 17.5 Å². The quantitative estimate of drug-likeness (QED) is 0.779. The van der Waals surface area contributed by atoms with Crippen molar-refractivity contribution in [3.63, 3.8) is 0 Å². The number of nitrogens with one attached hydrogen (secondary N) is 1. The van der Waals surface area contributed by atoms with Crippen LogP contribution >= 0.6 is 11.6 Å². The summed E-state index contributed by atoms with van der Waals surface area (Å²) in [6.45, 7) is 0.551. The topological polar surface area (TPSA) is 41.6 Å². The number of alkyl halides is 1. The van der Waals surface area contributed by atoms with Gasteiger partial charge >= 0.3 is 0 Å². The van der Waals surface area contributed by atoms with Gasteiger partial charge in [-0.3, -0.25) is 4.79 Å². The fourth-order valence-electron chi connectivity index (χ4n) is 1.83. The number of halogens is 1. The maximum absolute atomic E-state index is 11.5. The number of methoxy groups -OCH3 is 1. The Bertz CT molecular complexity index is 410. The molecule has 0 aliphatic heterocycles. The van der Waals surface area contributed by atoms with Crippen LogP contribution in [-0.2, 0) is 4.79 Å². The van der Waals surface area contributed by atoms with Crippen LogP contribution in [0, 0.1) is 0 Å². The monoisotopic (exact) mass is 284 g/mol. The largest absolute Gasteiger partial charge is 0.497 e. The van der Waals surface area contributed by atoms with Crippen LogP contribution in [0.5, 0.6) is 5.75 Å². The Morgan fingerprint density at radius 1 is 1.47 bits per heavy atom. The van der Waals surface area contributed by atoms with Crippen LogP contribution < -0.4 is 10.1 Å². The van der Waals surface area contributed by atoms with E-state index >= 15 is 0 Å². The van der Waals surface area contributed by atoms with Crippen molar-refractivity contribution in [1.29, 1.82) is 0 Å². The SMILES string of the molecule is COc1cccc(C(CNC(=O)CCCl)N(C)C)c1. The molecular formula is C14H21ClN2O2. The number of hydrogen-bond donors (Lipinski definition) is 1. The number of rotatable bonds is 7. The van der Waals surface area contributed by atoms with Crippen molar-refractivity contribution < 1.29 is 9.53 Å². The third kappa shape index (κ3) is 5.09. The molecule has 1 rings (SSSR count). The molecule has 0 aromatic heterocycles. The fraction of sp³-hybridized carbons (Fsp3) is 0.500. The molecule has 106 valence electrons. The van der Waals surface area contributed by atoms with Gasteiger partial charge in [0.1, 0.15) is 5.75 Å². The minimum absolute atomic E-state index is 0.0234. The molecule has 0 aliphatic rings. The maximum atomic E-state index is 11.5. The number of nitrogens with zero attached hydrogens (tertiary/aromatic N) is 1. The maximum Gasteiger partial charge on any atom is 0.221 e. The minimum Gasteiger partial charge on any atom is -0.497 e. The Morgan fingerprint density at radius 3 is 2.79 bits per heavy atom. The van der Waals surface area contributed by atoms with E-state index in [-0.39, 0.29) is 11.9 Å². The number of benzene rings is 1. The average Bonchev–Trinajstić information content (AvgIpc) is 2.39. The number of carbonyl (C=O) groups excluding carboxylic acids is 1. The zero-order chi connectivity index (χ0) is 14.3. The van der Waals surface area contributed by atoms with Crippen molar-refractivity contribution in [2.45, 2.75) is 12.5 Å². The molecule has 0 saturated heterocycles. The van der Waals surface area contributed by atoms with E-state index < -0.39 is 0 Å². The van der Waals surface area contributed by atoms with Crippen LogP contribution in [0.25, 0.3) is 0 Å². The Balaban J connectivity index is 2.73. The highest BCUT2D eigenvalue weighted by atomic mass is 35.5. The van der Waals surface area contributed by atoms with E-state index in [1.165, 1.54) is 0 Å². The molecule has 1 amide bonds. The molecule has 0 radical (unpaired) electrons. The van der Waals surface area contributed by atoms with Crippen molar-refractivity contribution in [2.24, 2.45) is 0 Å². The van der Waals surface area contributed by atoms with Gasteiger partial charge in [-0.1, -0.05) is 12.1 Å². The summed E-state index contributed by atoms with van der Waals surface area (Å²) in [7, 11) is 5.61. The molecule has 0 heterocycles. The lowest BCUT2D eigenvalue weighted by molar-refractivity contribution is -0.120. The molecule has 0 spiro atoms. The summed E-state index contributed by atoms with van der Waals surface area (Å²) in [6, 6.07) is 7.97. The van der Waals surface area contributed by atoms with Gasteiger partial charge in [-0.15, -0.1) is 11.6 Å². The summed E-state index contributed by atoms with van der Waals surface area (Å²) < 4.78 is 5.23. The van der Waals surface area contributed by atoms with Crippen LogP contribution in [-0.4, -0.2) is 44.4 Å². The highest BCUT2D eigenvalue weighted by Gasteiger charge is 2.15. The molecule has 19 heavy (non-hydrogen) atoms. The van der Waals surface area contributed by atoms with Gasteiger partial charge in [0.2, 0.25) is 5.91 Å². The van der Waals surface area contributed by atoms with Gasteiger partial charge < -0.3 is 15.0 Å². The summed E-state index contributed by atoms with van der Waals surface area (Å²) in [5.41, 5.74) is 1.11. The lowest BCUT2D eigenvalue weighted by Gasteiger charge is -2.25. The molecule has 1 atom stereocenters. The van der Waals surface area contributed by atoms with Gasteiger partial charge in [-0.2, -0.15) is 0 Å². The predicted octanol–water partition coefficient (Wildman–Crippen LogP) is 2.04. The third-order valence-electron chi connectivity index (χ3n) is 2.92. The first kappa shape index (κ1) is 15.8. The summed E-state index contributed by atoms with van der Waals surface area (Å²) in [5.74, 6) is 1.14. The summed E-state index contributed by atoms with van der Waals surface area (Å²) in [4.78, 5) is 13.6. The summed E-state index contributed by atoms with van der Waals surface area (Å²) in [5, 5.41) is 2.90. The van der Waals surface area contributed by atoms with E-state index in [0.29, 0.717) is 18.8 Å². The van der Waals surface area contributed by atoms with E-state index in [1.54, 1.807) is 7.11 Å². The third-order valence-corrected chi connectivity index (χ3v) is 3.11. The van der Waals surface area contributed by atoms with Gasteiger partial charge in [0.15, 0.2) is 0 Å². The van der Waals surface area contributed by atoms with Crippen molar-refractivity contribution in [1.82, 2.24) is 10.2 Å². The van der Waals surface area contributed by atoms with Gasteiger partial charge in [-0.05, 0) is 31.8 Å². The van der Waals surface area contributed by atoms with E-state index in [0.717, 1.165) is 11.3 Å². The Labute approximate surface area is 119 Å². The number of carbonyl (C=O) groups is 1. The second-order valence-corrected chi connectivity index (χ2v) is 4.88. The first-order chi connectivity index (χ1) is 9.08. The van der Waals surface area contributed by atoms with Crippen LogP contribution in [0.1, 0.15) is 18.0 Å². The van der Waals surface area contributed by atoms with Crippen LogP contribution in [0.4, 0.5) is 0 Å². The number of ether oxygens (including phenoxy) is 1. The van der Waals surface area contributed by atoms with E-state index in [2.05, 4.69) is 10.2 Å². The second kappa shape index (κ2) is 8.02. The highest BCUT2D eigenvalue weighted by molar-refractivity contribution is 6.18. The second-order valence-electron chi connectivity index (χ2n) is 4.50. The van der Waals surface area contributed by atoms with Crippen molar-refractivity contribution in [3.05, 3.63) is 29.8 Å². The molecule has 5 heteroatoms. The average molecular weight is 285 g/mol. The molecule has 1 aromatic rings. The van der Waals surface area contributed by atoms with Gasteiger partial charge in [0.05, 0.1) is 13.2 Å². The zero-order valence-corrected chi connectivity index (χ0v) is 12.4. The lowest BCUT2D eigenvalue weighted by atomic mass is 10.1. The molecule has 0 aliphatic carbocycles. The Kier molecular flexibility index (Phi) is 6.67. The molecular weight excluding hydrogens is 264 g/mol. The number of likely N-dealkylation sites (N-methyl/N-ethyl adjacent to an activating group) is 1. The van der Waals surface area contributed by atoms with Crippen LogP contribution in [0.2, 0.25) is 0 Å². The summed E-state index contributed by atoms with van der Waals surface area (Å²) in [6.07, 6.45) is 0.347. The van der Waals surface area contributed by atoms with Gasteiger partial charge in [0.25, 0.3) is 0 Å². The van der Waals surface area contributed by atoms with Gasteiger partial charge in [-0.25, -0.2) is 0 Å². The lowest BCUT2D eigenvalue weighted by Crippen LogP contribution is -2.34. The van der Waals surface area contributed by atoms with Crippen LogP contribution in [0.15, 0.2) is 24.3 Å². The molecule has 1 aromatic carbocycles.